The van der Waals surface area contributed by atoms with Crippen LogP contribution in [-0.4, -0.2) is 47.5 Å². The van der Waals surface area contributed by atoms with E-state index in [2.05, 4.69) is 0 Å². The molecule has 1 heterocycles. The van der Waals surface area contributed by atoms with Crippen LogP contribution in [0.3, 0.4) is 0 Å². The third-order valence-corrected chi connectivity index (χ3v) is 4.05. The zero-order valence-corrected chi connectivity index (χ0v) is 15.0. The Morgan fingerprint density at radius 3 is 2.38 bits per heavy atom. The minimum absolute atomic E-state index is 0.130. The molecule has 1 aliphatic rings. The van der Waals surface area contributed by atoms with E-state index in [4.69, 9.17) is 9.47 Å². The number of nitrogens with zero attached hydrogens (tertiary/aromatic N) is 1. The minimum Gasteiger partial charge on any atom is -0.488 e. The molecular formula is C18H24F3NO4. The van der Waals surface area contributed by atoms with E-state index in [0.717, 1.165) is 12.1 Å². The normalized spacial score (nSPS) is 19.3. The lowest BCUT2D eigenvalue weighted by molar-refractivity contribution is -0.137. The van der Waals surface area contributed by atoms with Gasteiger partial charge in [-0.1, -0.05) is 0 Å². The fraction of sp³-hybridized carbons (Fsp3) is 0.611. The Hall–Kier alpha value is -1.96. The molecule has 2 rings (SSSR count). The van der Waals surface area contributed by atoms with E-state index in [1.807, 2.05) is 0 Å². The Labute approximate surface area is 150 Å². The van der Waals surface area contributed by atoms with Crippen molar-refractivity contribution in [3.05, 3.63) is 29.8 Å². The molecule has 8 heteroatoms. The molecule has 5 nitrogen and oxygen atoms in total. The summed E-state index contributed by atoms with van der Waals surface area (Å²) >= 11 is 0. The predicted molar refractivity (Wildman–Crippen MR) is 88.9 cm³/mol. The summed E-state index contributed by atoms with van der Waals surface area (Å²) in [7, 11) is 0. The summed E-state index contributed by atoms with van der Waals surface area (Å²) < 4.78 is 48.8. The van der Waals surface area contributed by atoms with Gasteiger partial charge in [-0.25, -0.2) is 4.79 Å². The maximum absolute atomic E-state index is 12.6. The molecule has 0 aliphatic carbocycles. The monoisotopic (exact) mass is 375 g/mol. The molecule has 1 unspecified atom stereocenters. The summed E-state index contributed by atoms with van der Waals surface area (Å²) in [5, 5.41) is 9.60. The number of hydrogen-bond donors (Lipinski definition) is 1. The van der Waals surface area contributed by atoms with Crippen LogP contribution in [-0.2, 0) is 10.9 Å². The van der Waals surface area contributed by atoms with Gasteiger partial charge in [0.1, 0.15) is 17.5 Å². The molecule has 1 fully saturated rings. The van der Waals surface area contributed by atoms with Crippen molar-refractivity contribution in [2.45, 2.75) is 45.1 Å². The molecule has 146 valence electrons. The number of likely N-dealkylation sites (tertiary alicyclic amines) is 1. The third-order valence-electron chi connectivity index (χ3n) is 4.05. The van der Waals surface area contributed by atoms with Gasteiger partial charge >= 0.3 is 12.3 Å². The SMILES string of the molecule is CC(C)(C)OC(=O)N1CCC([C@@H](CO)Oc2ccc(C(F)(F)F)cc2)C1. The van der Waals surface area contributed by atoms with Gasteiger partial charge in [0.25, 0.3) is 0 Å². The van der Waals surface area contributed by atoms with Crippen molar-refractivity contribution in [1.29, 1.82) is 0 Å². The van der Waals surface area contributed by atoms with Gasteiger partial charge in [0.2, 0.25) is 0 Å². The van der Waals surface area contributed by atoms with Crippen molar-refractivity contribution in [3.63, 3.8) is 0 Å². The summed E-state index contributed by atoms with van der Waals surface area (Å²) in [6.45, 7) is 5.88. The lowest BCUT2D eigenvalue weighted by Gasteiger charge is -2.26. The summed E-state index contributed by atoms with van der Waals surface area (Å²) in [4.78, 5) is 13.7. The number of amides is 1. The average Bonchev–Trinajstić information content (AvgIpc) is 3.00. The molecule has 0 bridgehead atoms. The van der Waals surface area contributed by atoms with Crippen molar-refractivity contribution < 1.29 is 32.5 Å². The molecule has 1 N–H and O–H groups in total. The molecule has 1 aromatic carbocycles. The number of halogens is 3. The van der Waals surface area contributed by atoms with Crippen molar-refractivity contribution in [2.24, 2.45) is 5.92 Å². The second-order valence-corrected chi connectivity index (χ2v) is 7.34. The van der Waals surface area contributed by atoms with E-state index in [0.29, 0.717) is 19.5 Å². The van der Waals surface area contributed by atoms with Gasteiger partial charge in [-0.3, -0.25) is 0 Å². The Bertz CT molecular complexity index is 610. The van der Waals surface area contributed by atoms with Gasteiger partial charge in [0, 0.05) is 19.0 Å². The van der Waals surface area contributed by atoms with Crippen LogP contribution in [0.15, 0.2) is 24.3 Å². The Morgan fingerprint density at radius 1 is 1.27 bits per heavy atom. The van der Waals surface area contributed by atoms with E-state index in [-0.39, 0.29) is 18.3 Å². The van der Waals surface area contributed by atoms with Gasteiger partial charge in [0.15, 0.2) is 0 Å². The van der Waals surface area contributed by atoms with Gasteiger partial charge in [-0.05, 0) is 51.5 Å². The smallest absolute Gasteiger partial charge is 0.416 e. The van der Waals surface area contributed by atoms with Crippen molar-refractivity contribution in [3.8, 4) is 5.75 Å². The van der Waals surface area contributed by atoms with Crippen LogP contribution < -0.4 is 4.74 Å². The topological polar surface area (TPSA) is 59.0 Å². The molecule has 1 amide bonds. The number of aliphatic hydroxyl groups excluding tert-OH is 1. The first-order valence-corrected chi connectivity index (χ1v) is 8.42. The van der Waals surface area contributed by atoms with Crippen LogP contribution in [0, 0.1) is 5.92 Å². The highest BCUT2D eigenvalue weighted by Gasteiger charge is 2.35. The summed E-state index contributed by atoms with van der Waals surface area (Å²) in [5.74, 6) is 0.113. The predicted octanol–water partition coefficient (Wildman–Crippen LogP) is 3.70. The average molecular weight is 375 g/mol. The third kappa shape index (κ3) is 5.52. The number of carbonyl (C=O) groups excluding carboxylic acids is 1. The molecule has 26 heavy (non-hydrogen) atoms. The lowest BCUT2D eigenvalue weighted by atomic mass is 10.0. The van der Waals surface area contributed by atoms with E-state index >= 15 is 0 Å². The van der Waals surface area contributed by atoms with Crippen molar-refractivity contribution in [2.75, 3.05) is 19.7 Å². The summed E-state index contributed by atoms with van der Waals surface area (Å²) in [5.41, 5.74) is -1.36. The lowest BCUT2D eigenvalue weighted by Crippen LogP contribution is -2.37. The Morgan fingerprint density at radius 2 is 1.88 bits per heavy atom. The maximum Gasteiger partial charge on any atom is 0.416 e. The minimum atomic E-state index is -4.41. The van der Waals surface area contributed by atoms with E-state index < -0.39 is 29.5 Å². The van der Waals surface area contributed by atoms with Crippen LogP contribution >= 0.6 is 0 Å². The molecule has 0 radical (unpaired) electrons. The summed E-state index contributed by atoms with van der Waals surface area (Å²) in [6.07, 6.45) is -4.83. The molecule has 0 saturated carbocycles. The van der Waals surface area contributed by atoms with Gasteiger partial charge in [-0.15, -0.1) is 0 Å². The number of hydrogen-bond acceptors (Lipinski definition) is 4. The highest BCUT2D eigenvalue weighted by atomic mass is 19.4. The second-order valence-electron chi connectivity index (χ2n) is 7.34. The number of carbonyl (C=O) groups is 1. The fourth-order valence-electron chi connectivity index (χ4n) is 2.76. The number of alkyl halides is 3. The first kappa shape index (κ1) is 20.4. The molecule has 1 aromatic rings. The molecule has 0 aromatic heterocycles. The second kappa shape index (κ2) is 7.73. The number of rotatable bonds is 4. The highest BCUT2D eigenvalue weighted by molar-refractivity contribution is 5.68. The standard InChI is InChI=1S/C18H24F3NO4/c1-17(2,3)26-16(24)22-9-8-12(10-22)15(11-23)25-14-6-4-13(5-7-14)18(19,20)21/h4-7,12,15,23H,8-11H2,1-3H3/t12?,15-/m1/s1. The fourth-order valence-corrected chi connectivity index (χ4v) is 2.76. The van der Waals surface area contributed by atoms with E-state index in [1.54, 1.807) is 25.7 Å². The molecule has 1 aliphatic heterocycles. The van der Waals surface area contributed by atoms with Crippen LogP contribution in [0.25, 0.3) is 0 Å². The number of ether oxygens (including phenoxy) is 2. The van der Waals surface area contributed by atoms with Crippen LogP contribution in [0.5, 0.6) is 5.75 Å². The zero-order valence-electron chi connectivity index (χ0n) is 15.0. The Balaban J connectivity index is 1.96. The largest absolute Gasteiger partial charge is 0.488 e. The molecule has 0 spiro atoms. The van der Waals surface area contributed by atoms with Crippen LogP contribution in [0.4, 0.5) is 18.0 Å². The first-order valence-electron chi connectivity index (χ1n) is 8.42. The van der Waals surface area contributed by atoms with Gasteiger partial charge < -0.3 is 19.5 Å². The Kier molecular flexibility index (Phi) is 6.05. The molecule has 2 atom stereocenters. The number of aliphatic hydroxyl groups is 1. The highest BCUT2D eigenvalue weighted by Crippen LogP contribution is 2.31. The number of benzene rings is 1. The maximum atomic E-state index is 12.6. The first-order chi connectivity index (χ1) is 12.0. The van der Waals surface area contributed by atoms with Crippen molar-refractivity contribution >= 4 is 6.09 Å². The van der Waals surface area contributed by atoms with E-state index in [9.17, 15) is 23.1 Å². The zero-order chi connectivity index (χ0) is 19.5. The van der Waals surface area contributed by atoms with Gasteiger partial charge in [-0.2, -0.15) is 13.2 Å². The van der Waals surface area contributed by atoms with Crippen LogP contribution in [0.1, 0.15) is 32.8 Å². The quantitative estimate of drug-likeness (QED) is 0.872. The summed E-state index contributed by atoms with van der Waals surface area (Å²) in [6, 6.07) is 4.33. The molecule has 1 saturated heterocycles. The van der Waals surface area contributed by atoms with Crippen LogP contribution in [0.2, 0.25) is 0 Å². The van der Waals surface area contributed by atoms with E-state index in [1.165, 1.54) is 12.1 Å². The van der Waals surface area contributed by atoms with Crippen molar-refractivity contribution in [1.82, 2.24) is 4.90 Å². The molecular weight excluding hydrogens is 351 g/mol. The van der Waals surface area contributed by atoms with Gasteiger partial charge in [0.05, 0.1) is 12.2 Å².